The minimum absolute atomic E-state index is 0.0888. The van der Waals surface area contributed by atoms with Crippen LogP contribution in [0.3, 0.4) is 0 Å². The van der Waals surface area contributed by atoms with Crippen molar-refractivity contribution in [3.63, 3.8) is 0 Å². The van der Waals surface area contributed by atoms with Gasteiger partial charge in [0.15, 0.2) is 0 Å². The third kappa shape index (κ3) is 4.18. The Morgan fingerprint density at radius 1 is 0.844 bits per heavy atom. The van der Waals surface area contributed by atoms with Gasteiger partial charge in [-0.1, -0.05) is 43.1 Å². The predicted molar refractivity (Wildman–Crippen MR) is 109 cm³/mol. The van der Waals surface area contributed by atoms with E-state index in [0.29, 0.717) is 23.6 Å². The van der Waals surface area contributed by atoms with Crippen LogP contribution in [0.5, 0.6) is 5.75 Å². The highest BCUT2D eigenvalue weighted by Gasteiger charge is 2.41. The van der Waals surface area contributed by atoms with Gasteiger partial charge < -0.3 is 4.74 Å². The van der Waals surface area contributed by atoms with Gasteiger partial charge in [-0.25, -0.2) is 17.6 Å². The molecule has 0 spiro atoms. The number of ether oxygens (including phenoxy) is 1. The van der Waals surface area contributed by atoms with E-state index in [1.807, 2.05) is 12.1 Å². The van der Waals surface area contributed by atoms with Gasteiger partial charge in [0.2, 0.25) is 0 Å². The molecule has 1 nitrogen and oxygen atoms in total. The Morgan fingerprint density at radius 2 is 1.44 bits per heavy atom. The SMILES string of the molecule is CCC1Cc2ccc(-c3cc(F)c(C(F)(F)Oc4cc(F)c(Cl)c(F)c4)c(F)c3)cc2C1. The van der Waals surface area contributed by atoms with E-state index in [0.717, 1.165) is 37.0 Å². The molecule has 0 saturated carbocycles. The lowest BCUT2D eigenvalue weighted by Gasteiger charge is -2.20. The molecule has 0 radical (unpaired) electrons. The zero-order valence-electron chi connectivity index (χ0n) is 16.8. The summed E-state index contributed by atoms with van der Waals surface area (Å²) in [5, 5.41) is -0.915. The van der Waals surface area contributed by atoms with E-state index < -0.39 is 45.7 Å². The average Bonchev–Trinajstić information content (AvgIpc) is 3.13. The normalized spacial score (nSPS) is 15.7. The second kappa shape index (κ2) is 8.35. The standard InChI is InChI=1S/C24H17ClF6O/c1-2-12-5-13-3-4-14(7-15(13)6-12)16-8-18(26)22(19(27)9-16)24(30,31)32-17-10-20(28)23(25)21(29)11-17/h3-4,7-12H,2,5-6H2,1H3. The van der Waals surface area contributed by atoms with E-state index in [2.05, 4.69) is 11.7 Å². The van der Waals surface area contributed by atoms with Crippen molar-refractivity contribution in [1.82, 2.24) is 0 Å². The van der Waals surface area contributed by atoms with E-state index in [-0.39, 0.29) is 5.56 Å². The topological polar surface area (TPSA) is 9.23 Å². The summed E-state index contributed by atoms with van der Waals surface area (Å²) in [6.45, 7) is 2.09. The van der Waals surface area contributed by atoms with Crippen LogP contribution >= 0.6 is 11.6 Å². The Kier molecular flexibility index (Phi) is 5.88. The average molecular weight is 471 g/mol. The lowest BCUT2D eigenvalue weighted by atomic mass is 9.98. The quantitative estimate of drug-likeness (QED) is 0.273. The summed E-state index contributed by atoms with van der Waals surface area (Å²) >= 11 is 5.30. The summed E-state index contributed by atoms with van der Waals surface area (Å²) in [6, 6.07) is 7.76. The lowest BCUT2D eigenvalue weighted by Crippen LogP contribution is -2.25. The van der Waals surface area contributed by atoms with Crippen molar-refractivity contribution in [1.29, 1.82) is 0 Å². The zero-order valence-corrected chi connectivity index (χ0v) is 17.6. The van der Waals surface area contributed by atoms with Crippen LogP contribution in [0.1, 0.15) is 30.0 Å². The van der Waals surface area contributed by atoms with Crippen LogP contribution in [0.25, 0.3) is 11.1 Å². The van der Waals surface area contributed by atoms with Crippen LogP contribution in [-0.2, 0) is 19.0 Å². The number of hydrogen-bond acceptors (Lipinski definition) is 1. The van der Waals surface area contributed by atoms with Crippen molar-refractivity contribution in [3.05, 3.63) is 87.4 Å². The first-order valence-corrected chi connectivity index (χ1v) is 10.3. The van der Waals surface area contributed by atoms with E-state index >= 15 is 0 Å². The maximum Gasteiger partial charge on any atom is 0.432 e. The first kappa shape index (κ1) is 22.5. The fraction of sp³-hybridized carbons (Fsp3) is 0.250. The molecule has 3 aromatic rings. The van der Waals surface area contributed by atoms with E-state index in [4.69, 9.17) is 11.6 Å². The van der Waals surface area contributed by atoms with E-state index in [1.165, 1.54) is 5.56 Å². The number of hydrogen-bond donors (Lipinski definition) is 0. The number of benzene rings is 3. The van der Waals surface area contributed by atoms with Crippen molar-refractivity contribution in [2.45, 2.75) is 32.3 Å². The fourth-order valence-corrected chi connectivity index (χ4v) is 4.09. The molecule has 0 amide bonds. The molecule has 8 heteroatoms. The number of alkyl halides is 2. The van der Waals surface area contributed by atoms with Gasteiger partial charge in [0.05, 0.1) is 0 Å². The third-order valence-electron chi connectivity index (χ3n) is 5.67. The summed E-state index contributed by atoms with van der Waals surface area (Å²) in [6.07, 6.45) is -1.74. The molecular formula is C24H17ClF6O. The van der Waals surface area contributed by atoms with Crippen LogP contribution in [0.15, 0.2) is 42.5 Å². The Morgan fingerprint density at radius 3 is 2.03 bits per heavy atom. The van der Waals surface area contributed by atoms with E-state index in [9.17, 15) is 26.3 Å². The van der Waals surface area contributed by atoms with Crippen molar-refractivity contribution in [2.24, 2.45) is 5.92 Å². The smallest absolute Gasteiger partial charge is 0.429 e. The highest BCUT2D eigenvalue weighted by molar-refractivity contribution is 6.30. The highest BCUT2D eigenvalue weighted by Crippen LogP contribution is 2.39. The fourth-order valence-electron chi connectivity index (χ4n) is 3.99. The van der Waals surface area contributed by atoms with Gasteiger partial charge in [-0.15, -0.1) is 0 Å². The van der Waals surface area contributed by atoms with Crippen LogP contribution in [0.4, 0.5) is 26.3 Å². The predicted octanol–water partition coefficient (Wildman–Crippen LogP) is 7.82. The Bertz CT molecular complexity index is 1150. The number of halogens is 7. The molecule has 4 rings (SSSR count). The molecule has 0 heterocycles. The molecule has 168 valence electrons. The van der Waals surface area contributed by atoms with Crippen molar-refractivity contribution in [3.8, 4) is 16.9 Å². The molecule has 1 aliphatic rings. The molecule has 0 bridgehead atoms. The third-order valence-corrected chi connectivity index (χ3v) is 6.03. The number of rotatable bonds is 5. The molecule has 1 atom stereocenters. The molecule has 1 aliphatic carbocycles. The summed E-state index contributed by atoms with van der Waals surface area (Å²) in [5.74, 6) is -6.26. The monoisotopic (exact) mass is 470 g/mol. The van der Waals surface area contributed by atoms with E-state index in [1.54, 1.807) is 6.07 Å². The summed E-state index contributed by atoms with van der Waals surface area (Å²) in [7, 11) is 0. The second-order valence-corrected chi connectivity index (χ2v) is 8.18. The van der Waals surface area contributed by atoms with Gasteiger partial charge in [0, 0.05) is 12.1 Å². The molecule has 1 unspecified atom stereocenters. The first-order chi connectivity index (χ1) is 15.1. The van der Waals surface area contributed by atoms with Crippen molar-refractivity contribution >= 4 is 11.6 Å². The minimum Gasteiger partial charge on any atom is -0.429 e. The zero-order chi connectivity index (χ0) is 23.2. The van der Waals surface area contributed by atoms with Crippen LogP contribution in [0, 0.1) is 29.2 Å². The van der Waals surface area contributed by atoms with Gasteiger partial charge in [0.25, 0.3) is 0 Å². The first-order valence-electron chi connectivity index (χ1n) is 9.92. The summed E-state index contributed by atoms with van der Waals surface area (Å²) in [5.41, 5.74) is 1.16. The molecular weight excluding hydrogens is 454 g/mol. The maximum atomic E-state index is 14.6. The van der Waals surface area contributed by atoms with Crippen molar-refractivity contribution < 1.29 is 31.1 Å². The summed E-state index contributed by atoms with van der Waals surface area (Å²) < 4.78 is 89.6. The van der Waals surface area contributed by atoms with Crippen molar-refractivity contribution in [2.75, 3.05) is 0 Å². The lowest BCUT2D eigenvalue weighted by molar-refractivity contribution is -0.189. The van der Waals surface area contributed by atoms with Crippen LogP contribution in [0.2, 0.25) is 5.02 Å². The molecule has 0 fully saturated rings. The summed E-state index contributed by atoms with van der Waals surface area (Å²) in [4.78, 5) is 0. The molecule has 32 heavy (non-hydrogen) atoms. The Hall–Kier alpha value is -2.67. The Balaban J connectivity index is 1.66. The number of fused-ring (bicyclic) bond motifs is 1. The molecule has 0 aliphatic heterocycles. The van der Waals surface area contributed by atoms with Gasteiger partial charge in [-0.3, -0.25) is 0 Å². The minimum atomic E-state index is -4.54. The molecule has 3 aromatic carbocycles. The maximum absolute atomic E-state index is 14.6. The highest BCUT2D eigenvalue weighted by atomic mass is 35.5. The molecule has 0 aromatic heterocycles. The molecule has 0 N–H and O–H groups in total. The van der Waals surface area contributed by atoms with Gasteiger partial charge >= 0.3 is 6.11 Å². The second-order valence-electron chi connectivity index (χ2n) is 7.80. The van der Waals surface area contributed by atoms with Gasteiger partial charge in [-0.05, 0) is 53.1 Å². The Labute approximate surface area is 185 Å². The van der Waals surface area contributed by atoms with Gasteiger partial charge in [0.1, 0.15) is 39.6 Å². The van der Waals surface area contributed by atoms with Crippen LogP contribution < -0.4 is 4.74 Å². The molecule has 0 saturated heterocycles. The van der Waals surface area contributed by atoms with Gasteiger partial charge in [-0.2, -0.15) is 8.78 Å². The largest absolute Gasteiger partial charge is 0.432 e. The van der Waals surface area contributed by atoms with Crippen LogP contribution in [-0.4, -0.2) is 0 Å².